The first kappa shape index (κ1) is 27.9. The van der Waals surface area contributed by atoms with E-state index in [0.717, 1.165) is 59.5 Å². The molecule has 0 aliphatic heterocycles. The Morgan fingerprint density at radius 3 is 2.39 bits per heavy atom. The third-order valence-electron chi connectivity index (χ3n) is 6.33. The minimum absolute atomic E-state index is 0. The first-order chi connectivity index (χ1) is 17.8. The lowest BCUT2D eigenvalue weighted by molar-refractivity contribution is 0.0968. The van der Waals surface area contributed by atoms with Crippen molar-refractivity contribution in [3.8, 4) is 16.9 Å². The largest absolute Gasteiger partial charge is 0.505 e. The Morgan fingerprint density at radius 2 is 1.76 bits per heavy atom. The van der Waals surface area contributed by atoms with Crippen LogP contribution in [0.4, 0.5) is 17.2 Å². The number of fused-ring (bicyclic) bond motifs is 1. The molecule has 3 N–H and O–H groups in total. The zero-order valence-corrected chi connectivity index (χ0v) is 23.3. The molecule has 0 saturated heterocycles. The normalized spacial score (nSPS) is 12.9. The second-order valence-corrected chi connectivity index (χ2v) is 10.3. The van der Waals surface area contributed by atoms with Crippen molar-refractivity contribution in [3.05, 3.63) is 70.5 Å². The van der Waals surface area contributed by atoms with Crippen molar-refractivity contribution in [2.45, 2.75) is 12.8 Å². The third-order valence-corrected chi connectivity index (χ3v) is 6.91. The zero-order chi connectivity index (χ0) is 26.1. The summed E-state index contributed by atoms with van der Waals surface area (Å²) in [7, 11) is 4.05. The molecule has 0 atom stereocenters. The Bertz CT molecular complexity index is 1450. The van der Waals surface area contributed by atoms with Crippen LogP contribution in [-0.2, 0) is 0 Å². The molecular weight excluding hydrogens is 545 g/mol. The number of halogens is 3. The highest BCUT2D eigenvalue weighted by atomic mass is 35.5. The van der Waals surface area contributed by atoms with Crippen LogP contribution in [-0.4, -0.2) is 52.9 Å². The summed E-state index contributed by atoms with van der Waals surface area (Å²) in [6.07, 6.45) is 5.20. The smallest absolute Gasteiger partial charge is 0.169 e. The molecule has 10 heteroatoms. The zero-order valence-electron chi connectivity index (χ0n) is 21.0. The van der Waals surface area contributed by atoms with E-state index in [2.05, 4.69) is 25.5 Å². The fraction of sp³-hybridized carbons (Fsp3) is 0.250. The number of Topliss-reactive ketones (excluding diaryl/α,β-unsaturated/α-hetero) is 1. The van der Waals surface area contributed by atoms with Crippen LogP contribution in [0.5, 0.6) is 5.75 Å². The Hall–Kier alpha value is -3.10. The van der Waals surface area contributed by atoms with Crippen molar-refractivity contribution in [3.63, 3.8) is 0 Å². The number of hydrogen-bond donors (Lipinski definition) is 3. The van der Waals surface area contributed by atoms with Gasteiger partial charge in [-0.25, -0.2) is 4.98 Å². The van der Waals surface area contributed by atoms with E-state index in [1.807, 2.05) is 44.4 Å². The lowest BCUT2D eigenvalue weighted by Gasteiger charge is -2.16. The minimum Gasteiger partial charge on any atom is -0.505 e. The number of rotatable bonds is 9. The summed E-state index contributed by atoms with van der Waals surface area (Å²) in [5, 5.41) is 17.8. The molecule has 2 aromatic carbocycles. The van der Waals surface area contributed by atoms with E-state index in [9.17, 15) is 9.90 Å². The number of aromatic hydroxyl groups is 1. The molecule has 7 nitrogen and oxygen atoms in total. The number of aromatic nitrogens is 2. The minimum atomic E-state index is -0.152. The molecule has 1 aliphatic carbocycles. The molecule has 0 amide bonds. The summed E-state index contributed by atoms with van der Waals surface area (Å²) >= 11 is 12.4. The fourth-order valence-corrected chi connectivity index (χ4v) is 4.60. The number of nitrogens with one attached hydrogen (secondary N) is 2. The number of carbonyl (C=O) groups excluding carboxylic acids is 1. The second-order valence-electron chi connectivity index (χ2n) is 9.49. The maximum Gasteiger partial charge on any atom is 0.169 e. The monoisotopic (exact) mass is 571 g/mol. The molecule has 1 fully saturated rings. The molecule has 0 unspecified atom stereocenters. The van der Waals surface area contributed by atoms with Gasteiger partial charge < -0.3 is 20.6 Å². The molecule has 198 valence electrons. The maximum atomic E-state index is 13.2. The summed E-state index contributed by atoms with van der Waals surface area (Å²) < 4.78 is 0. The Kier molecular flexibility index (Phi) is 8.63. The molecule has 0 radical (unpaired) electrons. The van der Waals surface area contributed by atoms with Crippen molar-refractivity contribution in [1.29, 1.82) is 0 Å². The van der Waals surface area contributed by atoms with Crippen molar-refractivity contribution in [1.82, 2.24) is 14.9 Å². The van der Waals surface area contributed by atoms with E-state index in [0.29, 0.717) is 11.3 Å². The number of likely N-dealkylation sites (N-methyl/N-ethyl adjacent to an activating group) is 1. The lowest BCUT2D eigenvalue weighted by atomic mass is 9.99. The number of ketones is 1. The quantitative estimate of drug-likeness (QED) is 0.185. The highest BCUT2D eigenvalue weighted by Crippen LogP contribution is 2.40. The standard InChI is InChI=1S/C28H27Cl2N5O2.ClH/c1-35(2)10-9-31-25-8-6-19(14-33-25)34-26-20-11-17(18-12-22(29)28(37)23(30)13-18)5-7-24(20)32-15-21(26)27(36)16-3-4-16;/h5-8,11-16,37H,3-4,9-10H2,1-2H3,(H,31,33)(H,32,34);1H. The van der Waals surface area contributed by atoms with Gasteiger partial charge >= 0.3 is 0 Å². The predicted molar refractivity (Wildman–Crippen MR) is 158 cm³/mol. The van der Waals surface area contributed by atoms with E-state index in [1.165, 1.54) is 0 Å². The lowest BCUT2D eigenvalue weighted by Crippen LogP contribution is -2.21. The van der Waals surface area contributed by atoms with E-state index >= 15 is 0 Å². The van der Waals surface area contributed by atoms with Crippen LogP contribution < -0.4 is 10.6 Å². The van der Waals surface area contributed by atoms with Gasteiger partial charge in [0.05, 0.1) is 38.7 Å². The van der Waals surface area contributed by atoms with Crippen LogP contribution in [0.3, 0.4) is 0 Å². The molecule has 1 saturated carbocycles. The Morgan fingerprint density at radius 1 is 1.03 bits per heavy atom. The summed E-state index contributed by atoms with van der Waals surface area (Å²) in [5.41, 5.74) is 4.32. The number of carbonyl (C=O) groups is 1. The summed E-state index contributed by atoms with van der Waals surface area (Å²) in [5.74, 6) is 0.762. The van der Waals surface area contributed by atoms with Crippen molar-refractivity contribution in [2.75, 3.05) is 37.8 Å². The van der Waals surface area contributed by atoms with Crippen LogP contribution in [0.15, 0.2) is 54.9 Å². The van der Waals surface area contributed by atoms with E-state index in [1.54, 1.807) is 24.5 Å². The molecule has 4 aromatic rings. The number of pyridine rings is 2. The van der Waals surface area contributed by atoms with E-state index < -0.39 is 0 Å². The van der Waals surface area contributed by atoms with E-state index in [-0.39, 0.29) is 39.9 Å². The van der Waals surface area contributed by atoms with Gasteiger partial charge in [-0.15, -0.1) is 12.4 Å². The van der Waals surface area contributed by atoms with Gasteiger partial charge in [0.15, 0.2) is 11.5 Å². The topological polar surface area (TPSA) is 90.4 Å². The molecule has 2 aromatic heterocycles. The number of anilines is 3. The first-order valence-corrected chi connectivity index (χ1v) is 12.8. The first-order valence-electron chi connectivity index (χ1n) is 12.1. The summed E-state index contributed by atoms with van der Waals surface area (Å²) in [6.45, 7) is 1.69. The van der Waals surface area contributed by atoms with Gasteiger partial charge in [-0.1, -0.05) is 29.3 Å². The molecule has 1 aliphatic rings. The number of phenols is 1. The SMILES string of the molecule is CN(C)CCNc1ccc(Nc2c(C(=O)C3CC3)cnc3ccc(-c4cc(Cl)c(O)c(Cl)c4)cc23)cn1.Cl. The van der Waals surface area contributed by atoms with Crippen molar-refractivity contribution in [2.24, 2.45) is 5.92 Å². The van der Waals surface area contributed by atoms with E-state index in [4.69, 9.17) is 23.2 Å². The third kappa shape index (κ3) is 6.13. The van der Waals surface area contributed by atoms with Crippen LogP contribution in [0.25, 0.3) is 22.0 Å². The summed E-state index contributed by atoms with van der Waals surface area (Å²) in [4.78, 5) is 24.4. The number of phenolic OH excluding ortho intramolecular Hbond substituents is 1. The van der Waals surface area contributed by atoms with Gasteiger partial charge in [0.25, 0.3) is 0 Å². The molecule has 0 bridgehead atoms. The summed E-state index contributed by atoms with van der Waals surface area (Å²) in [6, 6.07) is 12.9. The average molecular weight is 573 g/mol. The molecular formula is C28H28Cl3N5O2. The average Bonchev–Trinajstić information content (AvgIpc) is 3.73. The van der Waals surface area contributed by atoms with Gasteiger partial charge in [-0.05, 0) is 74.5 Å². The van der Waals surface area contributed by atoms with Gasteiger partial charge in [-0.2, -0.15) is 0 Å². The number of benzene rings is 2. The van der Waals surface area contributed by atoms with Gasteiger partial charge in [-0.3, -0.25) is 9.78 Å². The van der Waals surface area contributed by atoms with Gasteiger partial charge in [0, 0.05) is 30.6 Å². The van der Waals surface area contributed by atoms with Crippen LogP contribution in [0.2, 0.25) is 10.0 Å². The van der Waals surface area contributed by atoms with Gasteiger partial charge in [0.2, 0.25) is 0 Å². The maximum absolute atomic E-state index is 13.2. The van der Waals surface area contributed by atoms with Crippen molar-refractivity contribution >= 4 is 69.5 Å². The Labute approximate surface area is 237 Å². The highest BCUT2D eigenvalue weighted by molar-refractivity contribution is 6.37. The van der Waals surface area contributed by atoms with Crippen LogP contribution in [0, 0.1) is 5.92 Å². The molecule has 38 heavy (non-hydrogen) atoms. The predicted octanol–water partition coefficient (Wildman–Crippen LogP) is 7.04. The van der Waals surface area contributed by atoms with Crippen LogP contribution >= 0.6 is 35.6 Å². The van der Waals surface area contributed by atoms with Crippen LogP contribution in [0.1, 0.15) is 23.2 Å². The van der Waals surface area contributed by atoms with Crippen molar-refractivity contribution < 1.29 is 9.90 Å². The Balaban J connectivity index is 0.00000336. The molecule has 0 spiro atoms. The molecule has 5 rings (SSSR count). The highest BCUT2D eigenvalue weighted by Gasteiger charge is 2.32. The number of hydrogen-bond acceptors (Lipinski definition) is 7. The fourth-order valence-electron chi connectivity index (χ4n) is 4.12. The van der Waals surface area contributed by atoms with Gasteiger partial charge in [0.1, 0.15) is 5.82 Å². The molecule has 2 heterocycles. The number of nitrogens with zero attached hydrogens (tertiary/aromatic N) is 3. The second kappa shape index (κ2) is 11.7.